The van der Waals surface area contributed by atoms with Crippen LogP contribution in [0.4, 0.5) is 0 Å². The Bertz CT molecular complexity index is 973. The van der Waals surface area contributed by atoms with Crippen molar-refractivity contribution in [1.82, 2.24) is 14.5 Å². The molecule has 0 bridgehead atoms. The lowest BCUT2D eigenvalue weighted by atomic mass is 9.94. The van der Waals surface area contributed by atoms with Crippen molar-refractivity contribution >= 4 is 21.6 Å². The molecule has 5 nitrogen and oxygen atoms in total. The summed E-state index contributed by atoms with van der Waals surface area (Å²) in [6, 6.07) is 5.05. The molecule has 3 aromatic heterocycles. The van der Waals surface area contributed by atoms with E-state index in [0.29, 0.717) is 16.8 Å². The maximum Gasteiger partial charge on any atom is 0.259 e. The molecule has 0 aromatic carbocycles. The van der Waals surface area contributed by atoms with Crippen LogP contribution in [0.1, 0.15) is 25.6 Å². The molecule has 0 amide bonds. The van der Waals surface area contributed by atoms with Gasteiger partial charge in [0.05, 0.1) is 5.39 Å². The van der Waals surface area contributed by atoms with E-state index in [1.807, 2.05) is 6.07 Å². The van der Waals surface area contributed by atoms with Crippen LogP contribution in [0.3, 0.4) is 0 Å². The first-order valence-corrected chi connectivity index (χ1v) is 7.79. The van der Waals surface area contributed by atoms with Crippen molar-refractivity contribution in [1.29, 1.82) is 0 Å². The summed E-state index contributed by atoms with van der Waals surface area (Å²) in [5.74, 6) is 0.482. The molecule has 1 N–H and O–H groups in total. The number of rotatable bonds is 1. The number of H-pyrrole nitrogens is 1. The predicted octanol–water partition coefficient (Wildman–Crippen LogP) is 2.65. The Morgan fingerprint density at radius 2 is 1.95 bits per heavy atom. The molecule has 0 spiro atoms. The van der Waals surface area contributed by atoms with Gasteiger partial charge in [-0.2, -0.15) is 0 Å². The molecule has 0 saturated heterocycles. The third-order valence-corrected chi connectivity index (χ3v) is 4.96. The Morgan fingerprint density at radius 3 is 2.59 bits per heavy atom. The van der Waals surface area contributed by atoms with Gasteiger partial charge >= 0.3 is 0 Å². The second kappa shape index (κ2) is 4.91. The summed E-state index contributed by atoms with van der Waals surface area (Å²) in [6.45, 7) is 6.33. The minimum absolute atomic E-state index is 0.0192. The number of aromatic nitrogens is 3. The fourth-order valence-corrected chi connectivity index (χ4v) is 3.26. The number of thiophene rings is 1. The Hall–Kier alpha value is -2.21. The van der Waals surface area contributed by atoms with Crippen LogP contribution in [0.15, 0.2) is 34.0 Å². The lowest BCUT2D eigenvalue weighted by Gasteiger charge is -2.14. The number of hydrogen-bond acceptors (Lipinski definition) is 4. The maximum atomic E-state index is 12.3. The molecule has 0 unspecified atom stereocenters. The standard InChI is InChI=1S/C16H17N3O2S/c1-16(2,3)11-7-10-14(21)17-13(18-15(10)22-11)9-5-6-12(20)19(4)8-9/h5-8H,1-4H3,(H,17,18,21). The fourth-order valence-electron chi connectivity index (χ4n) is 2.17. The Balaban J connectivity index is 2.22. The molecule has 0 aliphatic heterocycles. The molecule has 3 heterocycles. The van der Waals surface area contributed by atoms with E-state index in [0.717, 1.165) is 9.71 Å². The van der Waals surface area contributed by atoms with Gasteiger partial charge in [0.15, 0.2) is 0 Å². The molecule has 6 heteroatoms. The summed E-state index contributed by atoms with van der Waals surface area (Å²) >= 11 is 1.53. The maximum absolute atomic E-state index is 12.3. The number of nitrogens with zero attached hydrogens (tertiary/aromatic N) is 2. The van der Waals surface area contributed by atoms with E-state index in [4.69, 9.17) is 0 Å². The van der Waals surface area contributed by atoms with Crippen molar-refractivity contribution < 1.29 is 0 Å². The van der Waals surface area contributed by atoms with Crippen molar-refractivity contribution in [3.05, 3.63) is 50.0 Å². The second-order valence-electron chi connectivity index (χ2n) is 6.36. The highest BCUT2D eigenvalue weighted by Gasteiger charge is 2.19. The summed E-state index contributed by atoms with van der Waals surface area (Å²) < 4.78 is 1.47. The summed E-state index contributed by atoms with van der Waals surface area (Å²) in [5, 5.41) is 0.614. The van der Waals surface area contributed by atoms with E-state index in [-0.39, 0.29) is 16.5 Å². The molecule has 0 aliphatic carbocycles. The second-order valence-corrected chi connectivity index (χ2v) is 7.39. The van der Waals surface area contributed by atoms with Crippen LogP contribution in [0.2, 0.25) is 0 Å². The van der Waals surface area contributed by atoms with Gasteiger partial charge in [0.2, 0.25) is 5.56 Å². The highest BCUT2D eigenvalue weighted by atomic mass is 32.1. The normalized spacial score (nSPS) is 12.0. The van der Waals surface area contributed by atoms with Crippen LogP contribution in [0.5, 0.6) is 0 Å². The third kappa shape index (κ3) is 2.50. The van der Waals surface area contributed by atoms with Crippen LogP contribution in [0, 0.1) is 0 Å². The molecular formula is C16H17N3O2S. The molecule has 0 aliphatic rings. The Morgan fingerprint density at radius 1 is 1.23 bits per heavy atom. The highest BCUT2D eigenvalue weighted by molar-refractivity contribution is 7.18. The smallest absolute Gasteiger partial charge is 0.259 e. The first kappa shape index (κ1) is 14.7. The SMILES string of the molecule is Cn1cc(-c2nc3sc(C(C)(C)C)cc3c(=O)[nH]2)ccc1=O. The van der Waals surface area contributed by atoms with E-state index < -0.39 is 0 Å². The average molecular weight is 315 g/mol. The molecule has 114 valence electrons. The zero-order chi connectivity index (χ0) is 16.1. The van der Waals surface area contributed by atoms with Gasteiger partial charge in [-0.15, -0.1) is 11.3 Å². The van der Waals surface area contributed by atoms with Gasteiger partial charge in [-0.3, -0.25) is 9.59 Å². The highest BCUT2D eigenvalue weighted by Crippen LogP contribution is 2.32. The van der Waals surface area contributed by atoms with Gasteiger partial charge in [-0.1, -0.05) is 20.8 Å². The van der Waals surface area contributed by atoms with Gasteiger partial charge in [0.25, 0.3) is 5.56 Å². The molecule has 0 saturated carbocycles. The molecule has 3 rings (SSSR count). The van der Waals surface area contributed by atoms with Crippen LogP contribution >= 0.6 is 11.3 Å². The van der Waals surface area contributed by atoms with Gasteiger partial charge in [0, 0.05) is 29.8 Å². The molecule has 0 fully saturated rings. The van der Waals surface area contributed by atoms with E-state index in [1.54, 1.807) is 19.3 Å². The van der Waals surface area contributed by atoms with Crippen molar-refractivity contribution in [3.8, 4) is 11.4 Å². The molecule has 3 aromatic rings. The lowest BCUT2D eigenvalue weighted by molar-refractivity contribution is 0.604. The first-order chi connectivity index (χ1) is 10.3. The topological polar surface area (TPSA) is 67.8 Å². The number of aryl methyl sites for hydroxylation is 1. The average Bonchev–Trinajstić information content (AvgIpc) is 2.86. The van der Waals surface area contributed by atoms with Crippen molar-refractivity contribution in [2.45, 2.75) is 26.2 Å². The summed E-state index contributed by atoms with van der Waals surface area (Å²) in [7, 11) is 1.67. The van der Waals surface area contributed by atoms with E-state index in [9.17, 15) is 9.59 Å². The molecular weight excluding hydrogens is 298 g/mol. The number of fused-ring (bicyclic) bond motifs is 1. The number of pyridine rings is 1. The quantitative estimate of drug-likeness (QED) is 0.750. The molecule has 0 radical (unpaired) electrons. The summed E-state index contributed by atoms with van der Waals surface area (Å²) in [5.41, 5.74) is 0.444. The largest absolute Gasteiger partial charge is 0.318 e. The minimum atomic E-state index is -0.152. The zero-order valence-corrected chi connectivity index (χ0v) is 13.7. The van der Waals surface area contributed by atoms with Crippen LogP contribution in [-0.4, -0.2) is 14.5 Å². The van der Waals surface area contributed by atoms with Gasteiger partial charge < -0.3 is 9.55 Å². The van der Waals surface area contributed by atoms with Crippen molar-refractivity contribution in [2.75, 3.05) is 0 Å². The van der Waals surface area contributed by atoms with Gasteiger partial charge in [0.1, 0.15) is 10.7 Å². The van der Waals surface area contributed by atoms with E-state index >= 15 is 0 Å². The van der Waals surface area contributed by atoms with Crippen molar-refractivity contribution in [2.24, 2.45) is 7.05 Å². The summed E-state index contributed by atoms with van der Waals surface area (Å²) in [4.78, 5) is 33.0. The number of hydrogen-bond donors (Lipinski definition) is 1. The third-order valence-electron chi connectivity index (χ3n) is 3.50. The van der Waals surface area contributed by atoms with Crippen LogP contribution < -0.4 is 11.1 Å². The van der Waals surface area contributed by atoms with Crippen molar-refractivity contribution in [3.63, 3.8) is 0 Å². The zero-order valence-electron chi connectivity index (χ0n) is 12.9. The number of aromatic amines is 1. The van der Waals surface area contributed by atoms with E-state index in [1.165, 1.54) is 22.0 Å². The molecule has 22 heavy (non-hydrogen) atoms. The first-order valence-electron chi connectivity index (χ1n) is 6.97. The fraction of sp³-hybridized carbons (Fsp3) is 0.312. The predicted molar refractivity (Wildman–Crippen MR) is 89.6 cm³/mol. The monoisotopic (exact) mass is 315 g/mol. The van der Waals surface area contributed by atoms with Gasteiger partial charge in [-0.25, -0.2) is 4.98 Å². The van der Waals surface area contributed by atoms with Gasteiger partial charge in [-0.05, 0) is 17.5 Å². The van der Waals surface area contributed by atoms with Crippen LogP contribution in [0.25, 0.3) is 21.6 Å². The lowest BCUT2D eigenvalue weighted by Crippen LogP contribution is -2.15. The number of nitrogens with one attached hydrogen (secondary N) is 1. The van der Waals surface area contributed by atoms with E-state index in [2.05, 4.69) is 30.7 Å². The Labute approximate surface area is 131 Å². The molecule has 0 atom stereocenters. The minimum Gasteiger partial charge on any atom is -0.318 e. The van der Waals surface area contributed by atoms with Crippen LogP contribution in [-0.2, 0) is 12.5 Å². The summed E-state index contributed by atoms with van der Waals surface area (Å²) in [6.07, 6.45) is 1.67. The Kier molecular flexibility index (Phi) is 3.29.